The second-order valence-corrected chi connectivity index (χ2v) is 12.5. The largest absolute Gasteiger partial charge is 0.391 e. The number of hydrogen-bond acceptors (Lipinski definition) is 2. The molecule has 0 amide bonds. The molecule has 0 saturated carbocycles. The summed E-state index contributed by atoms with van der Waals surface area (Å²) in [4.78, 5) is 0. The Morgan fingerprint density at radius 3 is 2.04 bits per heavy atom. The van der Waals surface area contributed by atoms with Crippen LogP contribution in [-0.2, 0) is 15.3 Å². The van der Waals surface area contributed by atoms with Crippen molar-refractivity contribution >= 4 is 8.56 Å². The first kappa shape index (κ1) is 20.7. The van der Waals surface area contributed by atoms with Gasteiger partial charge in [0.25, 0.3) is 0 Å². The molecule has 25 heavy (non-hydrogen) atoms. The van der Waals surface area contributed by atoms with Gasteiger partial charge in [-0.1, -0.05) is 84.2 Å². The van der Waals surface area contributed by atoms with Crippen LogP contribution in [0.15, 0.2) is 30.3 Å². The lowest BCUT2D eigenvalue weighted by molar-refractivity contribution is 0.0643. The van der Waals surface area contributed by atoms with E-state index in [2.05, 4.69) is 65.0 Å². The maximum Gasteiger partial charge on any atom is 0.343 e. The summed E-state index contributed by atoms with van der Waals surface area (Å²) in [6.07, 6.45) is 8.92. The van der Waals surface area contributed by atoms with Gasteiger partial charge < -0.3 is 8.85 Å². The van der Waals surface area contributed by atoms with Gasteiger partial charge in [-0.3, -0.25) is 0 Å². The quantitative estimate of drug-likeness (QED) is 0.528. The molecule has 1 aromatic rings. The molecule has 1 aromatic carbocycles. The maximum absolute atomic E-state index is 6.98. The Hall–Kier alpha value is -0.643. The summed E-state index contributed by atoms with van der Waals surface area (Å²) in [7, 11) is -2.27. The second-order valence-electron chi connectivity index (χ2n) is 8.27. The van der Waals surface area contributed by atoms with E-state index in [4.69, 9.17) is 8.85 Å². The number of hydrogen-bond donors (Lipinski definition) is 0. The van der Waals surface area contributed by atoms with Gasteiger partial charge in [0.1, 0.15) is 0 Å². The third-order valence-electron chi connectivity index (χ3n) is 5.53. The fraction of sp³-hybridized carbons (Fsp3) is 0.727. The topological polar surface area (TPSA) is 18.5 Å². The number of benzene rings is 1. The zero-order valence-corrected chi connectivity index (χ0v) is 18.0. The van der Waals surface area contributed by atoms with Gasteiger partial charge in [0.05, 0.1) is 6.10 Å². The van der Waals surface area contributed by atoms with Crippen molar-refractivity contribution in [3.05, 3.63) is 35.9 Å². The number of rotatable bonds is 6. The summed E-state index contributed by atoms with van der Waals surface area (Å²) >= 11 is 0. The van der Waals surface area contributed by atoms with Crippen molar-refractivity contribution in [3.8, 4) is 0 Å². The Kier molecular flexibility index (Phi) is 8.18. The highest BCUT2D eigenvalue weighted by Crippen LogP contribution is 2.39. The van der Waals surface area contributed by atoms with Crippen molar-refractivity contribution in [2.45, 2.75) is 103 Å². The summed E-state index contributed by atoms with van der Waals surface area (Å²) in [5.74, 6) is 0. The molecular formula is C22H38O2Si. The van der Waals surface area contributed by atoms with Gasteiger partial charge >= 0.3 is 8.56 Å². The Balaban J connectivity index is 2.25. The molecule has 0 aliphatic carbocycles. The van der Waals surface area contributed by atoms with Crippen LogP contribution in [0.4, 0.5) is 0 Å². The highest BCUT2D eigenvalue weighted by Gasteiger charge is 2.48. The molecule has 1 heterocycles. The lowest BCUT2D eigenvalue weighted by atomic mass is 10.0. The van der Waals surface area contributed by atoms with Crippen molar-refractivity contribution in [2.24, 2.45) is 0 Å². The molecular weight excluding hydrogens is 324 g/mol. The van der Waals surface area contributed by atoms with Crippen molar-refractivity contribution in [1.82, 2.24) is 0 Å². The summed E-state index contributed by atoms with van der Waals surface area (Å²) in [5, 5.41) is 0. The van der Waals surface area contributed by atoms with E-state index in [0.717, 1.165) is 12.8 Å². The predicted molar refractivity (Wildman–Crippen MR) is 109 cm³/mol. The van der Waals surface area contributed by atoms with Crippen molar-refractivity contribution in [2.75, 3.05) is 0 Å². The molecule has 0 N–H and O–H groups in total. The van der Waals surface area contributed by atoms with E-state index in [-0.39, 0.29) is 0 Å². The van der Waals surface area contributed by atoms with Gasteiger partial charge in [-0.25, -0.2) is 0 Å². The minimum Gasteiger partial charge on any atom is -0.391 e. The fourth-order valence-corrected chi connectivity index (χ4v) is 8.12. The standard InChI is InChI=1S/C22H38O2Si/c1-6-12-21-15-10-11-16-22(17-20-13-8-7-9-14-20)24-25(23-21,18(2)3)19(4)5/h7-9,13-14,18-19,21-22H,6,10-12,15-17H2,1-5H3/t21-,22+/m0/s1. The molecule has 0 unspecified atom stereocenters. The molecule has 0 aromatic heterocycles. The van der Waals surface area contributed by atoms with Crippen LogP contribution in [0.2, 0.25) is 11.1 Å². The van der Waals surface area contributed by atoms with E-state index in [9.17, 15) is 0 Å². The first-order valence-electron chi connectivity index (χ1n) is 10.4. The molecule has 1 aliphatic rings. The normalized spacial score (nSPS) is 24.8. The van der Waals surface area contributed by atoms with Crippen LogP contribution in [0, 0.1) is 0 Å². The predicted octanol–water partition coefficient (Wildman–Crippen LogP) is 6.64. The van der Waals surface area contributed by atoms with Gasteiger partial charge in [0.15, 0.2) is 0 Å². The van der Waals surface area contributed by atoms with Crippen LogP contribution >= 0.6 is 0 Å². The van der Waals surface area contributed by atoms with Crippen LogP contribution in [0.5, 0.6) is 0 Å². The van der Waals surface area contributed by atoms with Crippen LogP contribution in [0.3, 0.4) is 0 Å². The summed E-state index contributed by atoms with van der Waals surface area (Å²) < 4.78 is 13.9. The fourth-order valence-electron chi connectivity index (χ4n) is 4.17. The Morgan fingerprint density at radius 1 is 0.920 bits per heavy atom. The summed E-state index contributed by atoms with van der Waals surface area (Å²) in [5.41, 5.74) is 2.33. The molecule has 0 spiro atoms. The molecule has 142 valence electrons. The third kappa shape index (κ3) is 5.67. The molecule has 2 atom stereocenters. The summed E-state index contributed by atoms with van der Waals surface area (Å²) in [6, 6.07) is 10.8. The molecule has 0 bridgehead atoms. The highest BCUT2D eigenvalue weighted by atomic mass is 28.4. The zero-order valence-electron chi connectivity index (χ0n) is 17.0. The lowest BCUT2D eigenvalue weighted by Gasteiger charge is -2.42. The smallest absolute Gasteiger partial charge is 0.343 e. The minimum absolute atomic E-state index is 0.291. The van der Waals surface area contributed by atoms with Crippen LogP contribution < -0.4 is 0 Å². The Morgan fingerprint density at radius 2 is 1.48 bits per heavy atom. The lowest BCUT2D eigenvalue weighted by Crippen LogP contribution is -2.52. The SMILES string of the molecule is CCC[C@H]1CCCC[C@H](Cc2ccccc2)O[Si](C(C)C)(C(C)C)O1. The molecule has 0 radical (unpaired) electrons. The van der Waals surface area contributed by atoms with Crippen LogP contribution in [0.25, 0.3) is 0 Å². The first-order valence-corrected chi connectivity index (χ1v) is 12.3. The third-order valence-corrected chi connectivity index (χ3v) is 10.2. The summed E-state index contributed by atoms with van der Waals surface area (Å²) in [6.45, 7) is 11.5. The van der Waals surface area contributed by atoms with E-state index in [1.807, 2.05) is 0 Å². The van der Waals surface area contributed by atoms with Crippen molar-refractivity contribution in [3.63, 3.8) is 0 Å². The van der Waals surface area contributed by atoms with Gasteiger partial charge in [-0.15, -0.1) is 0 Å². The first-order chi connectivity index (χ1) is 12.0. The van der Waals surface area contributed by atoms with E-state index in [1.165, 1.54) is 37.7 Å². The molecule has 3 heteroatoms. The van der Waals surface area contributed by atoms with Crippen LogP contribution in [0.1, 0.15) is 78.7 Å². The van der Waals surface area contributed by atoms with E-state index < -0.39 is 8.56 Å². The second kappa shape index (κ2) is 9.89. The van der Waals surface area contributed by atoms with Crippen molar-refractivity contribution < 1.29 is 8.85 Å². The average Bonchev–Trinajstić information content (AvgIpc) is 2.66. The molecule has 2 rings (SSSR count). The maximum atomic E-state index is 6.98. The van der Waals surface area contributed by atoms with Gasteiger partial charge in [0, 0.05) is 6.10 Å². The van der Waals surface area contributed by atoms with Crippen LogP contribution in [-0.4, -0.2) is 20.8 Å². The van der Waals surface area contributed by atoms with E-state index in [1.54, 1.807) is 0 Å². The molecule has 1 saturated heterocycles. The van der Waals surface area contributed by atoms with Gasteiger partial charge in [-0.2, -0.15) is 0 Å². The molecule has 1 aliphatic heterocycles. The average molecular weight is 363 g/mol. The van der Waals surface area contributed by atoms with Gasteiger partial charge in [-0.05, 0) is 42.3 Å². The Labute approximate surface area is 156 Å². The minimum atomic E-state index is -2.27. The zero-order chi connectivity index (χ0) is 18.3. The molecule has 1 fully saturated rings. The van der Waals surface area contributed by atoms with E-state index in [0.29, 0.717) is 23.3 Å². The highest BCUT2D eigenvalue weighted by molar-refractivity contribution is 6.70. The van der Waals surface area contributed by atoms with Crippen molar-refractivity contribution in [1.29, 1.82) is 0 Å². The van der Waals surface area contributed by atoms with E-state index >= 15 is 0 Å². The van der Waals surface area contributed by atoms with Gasteiger partial charge in [0.2, 0.25) is 0 Å². The Bertz CT molecular complexity index is 478. The molecule has 2 nitrogen and oxygen atoms in total. The monoisotopic (exact) mass is 362 g/mol.